The molecule has 0 aliphatic carbocycles. The number of benzene rings is 1. The second kappa shape index (κ2) is 3.84. The van der Waals surface area contributed by atoms with Crippen LogP contribution in [0.1, 0.15) is 0 Å². The van der Waals surface area contributed by atoms with Crippen molar-refractivity contribution >= 4 is 40.3 Å². The molecule has 0 unspecified atom stereocenters. The van der Waals surface area contributed by atoms with Gasteiger partial charge in [0, 0.05) is 5.02 Å². The summed E-state index contributed by atoms with van der Waals surface area (Å²) < 4.78 is 9.83. The van der Waals surface area contributed by atoms with Gasteiger partial charge in [0.2, 0.25) is 0 Å². The highest BCUT2D eigenvalue weighted by atomic mass is 35.5. The average Bonchev–Trinajstić information content (AvgIpc) is 2.56. The maximum absolute atomic E-state index is 11.7. The van der Waals surface area contributed by atoms with Crippen LogP contribution in [0.4, 0.5) is 4.79 Å². The van der Waals surface area contributed by atoms with Gasteiger partial charge in [0.25, 0.3) is 0 Å². The fraction of sp³-hybridized carbons (Fsp3) is 0.111. The lowest BCUT2D eigenvalue weighted by molar-refractivity contribution is 0.143. The van der Waals surface area contributed by atoms with E-state index < -0.39 is 11.7 Å². The first-order valence-corrected chi connectivity index (χ1v) is 4.89. The highest BCUT2D eigenvalue weighted by molar-refractivity contribution is 6.38. The van der Waals surface area contributed by atoms with Crippen molar-refractivity contribution in [3.63, 3.8) is 0 Å². The van der Waals surface area contributed by atoms with E-state index in [1.807, 2.05) is 0 Å². The van der Waals surface area contributed by atoms with Gasteiger partial charge in [0.1, 0.15) is 0 Å². The molecule has 0 aliphatic rings. The lowest BCUT2D eigenvalue weighted by Gasteiger charge is -1.94. The van der Waals surface area contributed by atoms with Crippen molar-refractivity contribution in [3.8, 4) is 0 Å². The summed E-state index contributed by atoms with van der Waals surface area (Å²) in [6, 6.07) is 2.78. The first-order valence-electron chi connectivity index (χ1n) is 4.14. The van der Waals surface area contributed by atoms with Gasteiger partial charge in [-0.15, -0.1) is 0 Å². The molecule has 0 aliphatic heterocycles. The number of methoxy groups -OCH3 is 1. The number of carbonyl (C=O) groups excluding carboxylic acids is 1. The zero-order chi connectivity index (χ0) is 11.9. The highest BCUT2D eigenvalue weighted by Crippen LogP contribution is 2.26. The van der Waals surface area contributed by atoms with Crippen molar-refractivity contribution in [2.45, 2.75) is 0 Å². The second-order valence-electron chi connectivity index (χ2n) is 2.93. The van der Waals surface area contributed by atoms with Crippen LogP contribution in [0.15, 0.2) is 21.5 Å². The number of ether oxygens (including phenoxy) is 1. The number of hydrogen-bond acceptors (Lipinski definition) is 4. The van der Waals surface area contributed by atoms with Crippen LogP contribution in [-0.2, 0) is 4.74 Å². The van der Waals surface area contributed by atoms with Gasteiger partial charge in [0.15, 0.2) is 5.58 Å². The molecule has 0 amide bonds. The monoisotopic (exact) mass is 261 g/mol. The maximum atomic E-state index is 11.7. The Bertz CT molecular complexity index is 628. The first kappa shape index (κ1) is 11.0. The smallest absolute Gasteiger partial charge is 0.450 e. The largest absolute Gasteiger partial charge is 0.450 e. The molecule has 1 heterocycles. The topological polar surface area (TPSA) is 61.4 Å². The highest BCUT2D eigenvalue weighted by Gasteiger charge is 2.18. The van der Waals surface area contributed by atoms with Crippen LogP contribution in [0.5, 0.6) is 0 Å². The minimum absolute atomic E-state index is 0.0986. The quantitative estimate of drug-likeness (QED) is 0.731. The summed E-state index contributed by atoms with van der Waals surface area (Å²) in [7, 11) is 1.14. The Morgan fingerprint density at radius 3 is 2.75 bits per heavy atom. The van der Waals surface area contributed by atoms with Gasteiger partial charge in [-0.25, -0.2) is 4.79 Å². The Morgan fingerprint density at radius 2 is 2.12 bits per heavy atom. The van der Waals surface area contributed by atoms with Crippen LogP contribution < -0.4 is 5.56 Å². The number of hydrogen-bond donors (Lipinski definition) is 0. The molecule has 0 atom stereocenters. The van der Waals surface area contributed by atoms with Gasteiger partial charge in [-0.2, -0.15) is 0 Å². The molecule has 1 aromatic heterocycles. The fourth-order valence-corrected chi connectivity index (χ4v) is 1.79. The average molecular weight is 262 g/mol. The van der Waals surface area contributed by atoms with Crippen molar-refractivity contribution in [1.29, 1.82) is 0 Å². The summed E-state index contributed by atoms with van der Waals surface area (Å²) >= 11 is 11.5. The first-order chi connectivity index (χ1) is 7.54. The van der Waals surface area contributed by atoms with Crippen LogP contribution in [0, 0.1) is 0 Å². The Kier molecular flexibility index (Phi) is 2.65. The molecule has 0 fully saturated rings. The summed E-state index contributed by atoms with van der Waals surface area (Å²) in [6.45, 7) is 0. The molecular formula is C9H5Cl2NO4. The zero-order valence-corrected chi connectivity index (χ0v) is 9.50. The number of fused-ring (bicyclic) bond motifs is 1. The number of rotatable bonds is 0. The normalized spacial score (nSPS) is 10.7. The predicted molar refractivity (Wildman–Crippen MR) is 58.3 cm³/mol. The minimum Gasteiger partial charge on any atom is -0.450 e. The van der Waals surface area contributed by atoms with Crippen molar-refractivity contribution < 1.29 is 14.1 Å². The molecular weight excluding hydrogens is 257 g/mol. The van der Waals surface area contributed by atoms with Gasteiger partial charge >= 0.3 is 11.7 Å². The second-order valence-corrected chi connectivity index (χ2v) is 3.77. The van der Waals surface area contributed by atoms with E-state index in [2.05, 4.69) is 4.74 Å². The van der Waals surface area contributed by atoms with Gasteiger partial charge in [-0.05, 0) is 12.1 Å². The standard InChI is InChI=1S/C9H5Cl2NO4/c1-15-9(14)12-8(13)5-2-4(10)3-6(11)7(5)16-12/h2-3H,1H3. The predicted octanol–water partition coefficient (Wildman–Crippen LogP) is 2.52. The summed E-state index contributed by atoms with van der Waals surface area (Å²) in [5.74, 6) is 0. The van der Waals surface area contributed by atoms with E-state index in [0.717, 1.165) is 7.11 Å². The Balaban J connectivity index is 2.83. The van der Waals surface area contributed by atoms with Crippen LogP contribution in [0.25, 0.3) is 11.0 Å². The van der Waals surface area contributed by atoms with Crippen LogP contribution in [0.3, 0.4) is 0 Å². The summed E-state index contributed by atoms with van der Waals surface area (Å²) in [4.78, 5) is 22.9. The Morgan fingerprint density at radius 1 is 1.44 bits per heavy atom. The summed E-state index contributed by atoms with van der Waals surface area (Å²) in [6.07, 6.45) is -0.923. The van der Waals surface area contributed by atoms with Crippen molar-refractivity contribution in [2.75, 3.05) is 7.11 Å². The van der Waals surface area contributed by atoms with Gasteiger partial charge in [-0.1, -0.05) is 27.9 Å². The molecule has 16 heavy (non-hydrogen) atoms. The van der Waals surface area contributed by atoms with Gasteiger partial charge in [-0.3, -0.25) is 4.79 Å². The lowest BCUT2D eigenvalue weighted by atomic mass is 10.3. The molecule has 0 bridgehead atoms. The van der Waals surface area contributed by atoms with E-state index in [-0.39, 0.29) is 21.0 Å². The summed E-state index contributed by atoms with van der Waals surface area (Å²) in [5.41, 5.74) is -0.562. The molecule has 84 valence electrons. The third-order valence-electron chi connectivity index (χ3n) is 1.95. The molecule has 5 nitrogen and oxygen atoms in total. The van der Waals surface area contributed by atoms with E-state index in [9.17, 15) is 9.59 Å². The van der Waals surface area contributed by atoms with E-state index in [4.69, 9.17) is 27.7 Å². The third-order valence-corrected chi connectivity index (χ3v) is 2.45. The van der Waals surface area contributed by atoms with Crippen molar-refractivity contribution in [3.05, 3.63) is 32.5 Å². The zero-order valence-electron chi connectivity index (χ0n) is 7.99. The SMILES string of the molecule is COC(=O)n1oc2c(Cl)cc(Cl)cc2c1=O. The molecule has 0 N–H and O–H groups in total. The number of aromatic nitrogens is 1. The number of halogens is 2. The van der Waals surface area contributed by atoms with Crippen molar-refractivity contribution in [2.24, 2.45) is 0 Å². The molecule has 7 heteroatoms. The molecule has 0 spiro atoms. The molecule has 0 saturated heterocycles. The van der Waals surface area contributed by atoms with Crippen LogP contribution >= 0.6 is 23.2 Å². The molecule has 0 saturated carbocycles. The molecule has 2 aromatic rings. The van der Waals surface area contributed by atoms with Gasteiger partial charge < -0.3 is 9.26 Å². The van der Waals surface area contributed by atoms with E-state index in [0.29, 0.717) is 4.74 Å². The van der Waals surface area contributed by atoms with Gasteiger partial charge in [0.05, 0.1) is 17.5 Å². The Hall–Kier alpha value is -1.46. The lowest BCUT2D eigenvalue weighted by Crippen LogP contribution is -2.22. The maximum Gasteiger partial charge on any atom is 0.450 e. The summed E-state index contributed by atoms with van der Waals surface area (Å²) in [5, 5.41) is 0.567. The fourth-order valence-electron chi connectivity index (χ4n) is 1.26. The third kappa shape index (κ3) is 1.58. The van der Waals surface area contributed by atoms with E-state index in [1.54, 1.807) is 0 Å². The molecule has 1 aromatic carbocycles. The Labute approximate surface area is 99.1 Å². The minimum atomic E-state index is -0.923. The number of nitrogens with zero attached hydrogens (tertiary/aromatic N) is 1. The van der Waals surface area contributed by atoms with Crippen LogP contribution in [-0.4, -0.2) is 17.9 Å². The van der Waals surface area contributed by atoms with Crippen molar-refractivity contribution in [1.82, 2.24) is 4.74 Å². The van der Waals surface area contributed by atoms with Crippen LogP contribution in [0.2, 0.25) is 10.0 Å². The molecule has 0 radical (unpaired) electrons. The van der Waals surface area contributed by atoms with E-state index >= 15 is 0 Å². The van der Waals surface area contributed by atoms with E-state index in [1.165, 1.54) is 12.1 Å². The number of carbonyl (C=O) groups is 1. The molecule has 2 rings (SSSR count).